The Morgan fingerprint density at radius 2 is 2.17 bits per heavy atom. The molecule has 0 amide bonds. The fourth-order valence-corrected chi connectivity index (χ4v) is 1.99. The number of nitrogens with one attached hydrogen (secondary N) is 2. The van der Waals surface area contributed by atoms with Gasteiger partial charge in [0, 0.05) is 12.6 Å². The van der Waals surface area contributed by atoms with Crippen molar-refractivity contribution in [3.63, 3.8) is 0 Å². The molecule has 1 aromatic carbocycles. The molecular weight excluding hydrogens is 311 g/mol. The third-order valence-electron chi connectivity index (χ3n) is 3.25. The first-order valence-corrected chi connectivity index (χ1v) is 7.92. The van der Waals surface area contributed by atoms with Gasteiger partial charge in [-0.05, 0) is 32.9 Å². The molecule has 0 aliphatic carbocycles. The van der Waals surface area contributed by atoms with E-state index >= 15 is 0 Å². The number of ether oxygens (including phenoxy) is 1. The van der Waals surface area contributed by atoms with Crippen molar-refractivity contribution in [1.29, 1.82) is 0 Å². The van der Waals surface area contributed by atoms with Crippen LogP contribution in [0.3, 0.4) is 0 Å². The fraction of sp³-hybridized carbons (Fsp3) is 0.412. The van der Waals surface area contributed by atoms with E-state index in [1.807, 2.05) is 20.8 Å². The van der Waals surface area contributed by atoms with Gasteiger partial charge in [0.05, 0.1) is 12.2 Å². The van der Waals surface area contributed by atoms with Crippen LogP contribution in [0, 0.1) is 19.7 Å². The van der Waals surface area contributed by atoms with E-state index in [2.05, 4.69) is 20.6 Å². The predicted octanol–water partition coefficient (Wildman–Crippen LogP) is 2.56. The lowest BCUT2D eigenvalue weighted by Crippen LogP contribution is -2.39. The number of aliphatic imine (C=N–C) groups is 1. The molecule has 0 bridgehead atoms. The van der Waals surface area contributed by atoms with Crippen LogP contribution >= 0.6 is 0 Å². The molecule has 0 fully saturated rings. The summed E-state index contributed by atoms with van der Waals surface area (Å²) >= 11 is 0. The average molecular weight is 334 g/mol. The van der Waals surface area contributed by atoms with E-state index in [-0.39, 0.29) is 5.82 Å². The lowest BCUT2D eigenvalue weighted by atomic mass is 10.3. The monoisotopic (exact) mass is 334 g/mol. The van der Waals surface area contributed by atoms with Crippen LogP contribution in [-0.2, 0) is 6.54 Å². The second-order valence-electron chi connectivity index (χ2n) is 5.18. The summed E-state index contributed by atoms with van der Waals surface area (Å²) < 4.78 is 24.0. The molecular formula is C17H23FN4O2. The number of aryl methyl sites for hydroxylation is 2. The summed E-state index contributed by atoms with van der Waals surface area (Å²) in [4.78, 5) is 8.72. The number of hydrogen-bond donors (Lipinski definition) is 2. The Hall–Kier alpha value is -2.57. The Morgan fingerprint density at radius 3 is 2.83 bits per heavy atom. The molecule has 0 radical (unpaired) electrons. The van der Waals surface area contributed by atoms with Gasteiger partial charge in [0.25, 0.3) is 0 Å². The molecule has 0 saturated heterocycles. The van der Waals surface area contributed by atoms with Gasteiger partial charge in [-0.25, -0.2) is 14.4 Å². The first kappa shape index (κ1) is 17.8. The molecule has 6 nitrogen and oxygen atoms in total. The van der Waals surface area contributed by atoms with Crippen LogP contribution in [0.4, 0.5) is 4.39 Å². The summed E-state index contributed by atoms with van der Waals surface area (Å²) in [5.41, 5.74) is 0.877. The Kier molecular flexibility index (Phi) is 6.60. The standard InChI is InChI=1S/C17H23FN4O2/c1-4-19-17(21-11-16-22-12(2)13(3)24-16)20-8-9-23-15-7-5-6-14(18)10-15/h5-7,10H,4,8-9,11H2,1-3H3,(H2,19,20,21). The van der Waals surface area contributed by atoms with Gasteiger partial charge in [-0.2, -0.15) is 0 Å². The Balaban J connectivity index is 1.80. The van der Waals surface area contributed by atoms with Crippen LogP contribution in [0.15, 0.2) is 33.7 Å². The van der Waals surface area contributed by atoms with Crippen molar-refractivity contribution in [2.24, 2.45) is 4.99 Å². The molecule has 130 valence electrons. The van der Waals surface area contributed by atoms with Crippen LogP contribution in [0.5, 0.6) is 5.75 Å². The lowest BCUT2D eigenvalue weighted by molar-refractivity contribution is 0.320. The molecule has 2 aromatic rings. The zero-order valence-electron chi connectivity index (χ0n) is 14.2. The quantitative estimate of drug-likeness (QED) is 0.463. The van der Waals surface area contributed by atoms with Crippen molar-refractivity contribution in [3.8, 4) is 5.75 Å². The molecule has 0 spiro atoms. The van der Waals surface area contributed by atoms with Gasteiger partial charge in [0.2, 0.25) is 5.89 Å². The third kappa shape index (κ3) is 5.57. The minimum Gasteiger partial charge on any atom is -0.492 e. The topological polar surface area (TPSA) is 71.7 Å². The number of halogens is 1. The summed E-state index contributed by atoms with van der Waals surface area (Å²) in [7, 11) is 0. The molecule has 0 aliphatic heterocycles. The summed E-state index contributed by atoms with van der Waals surface area (Å²) in [6.45, 7) is 7.79. The largest absolute Gasteiger partial charge is 0.492 e. The van der Waals surface area contributed by atoms with Crippen LogP contribution < -0.4 is 15.4 Å². The van der Waals surface area contributed by atoms with Crippen molar-refractivity contribution in [3.05, 3.63) is 47.4 Å². The molecule has 0 atom stereocenters. The third-order valence-corrected chi connectivity index (χ3v) is 3.25. The SMILES string of the molecule is CCNC(=NCc1nc(C)c(C)o1)NCCOc1cccc(F)c1. The molecule has 1 aromatic heterocycles. The van der Waals surface area contributed by atoms with E-state index in [9.17, 15) is 4.39 Å². The molecule has 1 heterocycles. The van der Waals surface area contributed by atoms with Gasteiger partial charge in [0.1, 0.15) is 30.5 Å². The van der Waals surface area contributed by atoms with Crippen LogP contribution in [0.2, 0.25) is 0 Å². The van der Waals surface area contributed by atoms with Crippen molar-refractivity contribution < 1.29 is 13.5 Å². The first-order chi connectivity index (χ1) is 11.6. The predicted molar refractivity (Wildman–Crippen MR) is 90.7 cm³/mol. The highest BCUT2D eigenvalue weighted by Crippen LogP contribution is 2.11. The number of oxazole rings is 1. The van der Waals surface area contributed by atoms with E-state index < -0.39 is 0 Å². The Bertz CT molecular complexity index is 665. The minimum atomic E-state index is -0.313. The summed E-state index contributed by atoms with van der Waals surface area (Å²) in [5, 5.41) is 6.28. The number of nitrogens with zero attached hydrogens (tertiary/aromatic N) is 2. The average Bonchev–Trinajstić information content (AvgIpc) is 2.87. The number of guanidine groups is 1. The molecule has 7 heteroatoms. The molecule has 2 N–H and O–H groups in total. The highest BCUT2D eigenvalue weighted by atomic mass is 19.1. The lowest BCUT2D eigenvalue weighted by Gasteiger charge is -2.11. The highest BCUT2D eigenvalue weighted by Gasteiger charge is 2.05. The van der Waals surface area contributed by atoms with E-state index in [4.69, 9.17) is 9.15 Å². The van der Waals surface area contributed by atoms with Gasteiger partial charge in [-0.1, -0.05) is 6.07 Å². The second-order valence-corrected chi connectivity index (χ2v) is 5.18. The number of rotatable bonds is 7. The number of hydrogen-bond acceptors (Lipinski definition) is 4. The summed E-state index contributed by atoms with van der Waals surface area (Å²) in [6, 6.07) is 6.07. The fourth-order valence-electron chi connectivity index (χ4n) is 1.99. The van der Waals surface area contributed by atoms with E-state index in [1.165, 1.54) is 12.1 Å². The van der Waals surface area contributed by atoms with Crippen molar-refractivity contribution in [2.75, 3.05) is 19.7 Å². The summed E-state index contributed by atoms with van der Waals surface area (Å²) in [5.74, 6) is 2.23. The maximum atomic E-state index is 13.1. The molecule has 24 heavy (non-hydrogen) atoms. The van der Waals surface area contributed by atoms with Crippen molar-refractivity contribution in [1.82, 2.24) is 15.6 Å². The number of aromatic nitrogens is 1. The highest BCUT2D eigenvalue weighted by molar-refractivity contribution is 5.79. The maximum absolute atomic E-state index is 13.1. The first-order valence-electron chi connectivity index (χ1n) is 7.92. The van der Waals surface area contributed by atoms with Crippen LogP contribution in [-0.4, -0.2) is 30.6 Å². The van der Waals surface area contributed by atoms with Gasteiger partial charge in [0.15, 0.2) is 5.96 Å². The van der Waals surface area contributed by atoms with E-state index in [1.54, 1.807) is 12.1 Å². The second kappa shape index (κ2) is 8.90. The van der Waals surface area contributed by atoms with Gasteiger partial charge >= 0.3 is 0 Å². The van der Waals surface area contributed by atoms with Crippen molar-refractivity contribution >= 4 is 5.96 Å². The van der Waals surface area contributed by atoms with Gasteiger partial charge in [-0.3, -0.25) is 0 Å². The molecule has 0 aliphatic rings. The minimum absolute atomic E-state index is 0.313. The van der Waals surface area contributed by atoms with Gasteiger partial charge in [-0.15, -0.1) is 0 Å². The normalized spacial score (nSPS) is 11.4. The Labute approximate surface area is 141 Å². The molecule has 0 saturated carbocycles. The molecule has 2 rings (SSSR count). The van der Waals surface area contributed by atoms with Gasteiger partial charge < -0.3 is 19.8 Å². The van der Waals surface area contributed by atoms with Crippen LogP contribution in [0.1, 0.15) is 24.3 Å². The Morgan fingerprint density at radius 1 is 1.33 bits per heavy atom. The zero-order valence-corrected chi connectivity index (χ0v) is 14.2. The zero-order chi connectivity index (χ0) is 17.4. The smallest absolute Gasteiger partial charge is 0.216 e. The van der Waals surface area contributed by atoms with E-state index in [0.717, 1.165) is 18.0 Å². The molecule has 0 unspecified atom stereocenters. The van der Waals surface area contributed by atoms with E-state index in [0.29, 0.717) is 37.3 Å². The van der Waals surface area contributed by atoms with Crippen LogP contribution in [0.25, 0.3) is 0 Å². The number of benzene rings is 1. The maximum Gasteiger partial charge on any atom is 0.216 e. The summed E-state index contributed by atoms with van der Waals surface area (Å²) in [6.07, 6.45) is 0. The van der Waals surface area contributed by atoms with Crippen molar-refractivity contribution in [2.45, 2.75) is 27.3 Å².